The van der Waals surface area contributed by atoms with Gasteiger partial charge in [-0.15, -0.1) is 0 Å². The smallest absolute Gasteiger partial charge is 0.264 e. The molecule has 0 rings (SSSR count). The largest absolute Gasteiger partial charge is 0.367 e. The van der Waals surface area contributed by atoms with Gasteiger partial charge in [-0.3, -0.25) is 9.59 Å². The van der Waals surface area contributed by atoms with Crippen LogP contribution in [0.15, 0.2) is 0 Å². The number of primary amides is 1. The first-order valence-corrected chi connectivity index (χ1v) is 14.4. The first kappa shape index (κ1) is 32.9. The molecule has 0 heterocycles. The van der Waals surface area contributed by atoms with Gasteiger partial charge in [0.1, 0.15) is 0 Å². The maximum atomic E-state index is 13.4. The molecule has 0 aliphatic carbocycles. The molecule has 0 radical (unpaired) electrons. The van der Waals surface area contributed by atoms with E-state index < -0.39 is 17.1 Å². The number of amides is 2. The number of ether oxygens (including phenoxy) is 1. The summed E-state index contributed by atoms with van der Waals surface area (Å²) in [5.74, 6) is -0.946. The monoisotopic (exact) mass is 482 g/mol. The second-order valence-electron chi connectivity index (χ2n) is 10.8. The third kappa shape index (κ3) is 13.1. The summed E-state index contributed by atoms with van der Waals surface area (Å²) in [4.78, 5) is 27.7. The molecule has 5 heteroatoms. The van der Waals surface area contributed by atoms with Gasteiger partial charge in [0.25, 0.3) is 11.8 Å². The fourth-order valence-corrected chi connectivity index (χ4v) is 4.85. The van der Waals surface area contributed by atoms with E-state index in [1.165, 1.54) is 62.7 Å². The van der Waals surface area contributed by atoms with Crippen LogP contribution < -0.4 is 5.73 Å². The van der Waals surface area contributed by atoms with Gasteiger partial charge in [0.05, 0.1) is 5.60 Å². The second-order valence-corrected chi connectivity index (χ2v) is 10.8. The minimum atomic E-state index is -1.57. The van der Waals surface area contributed by atoms with Crippen LogP contribution in [0, 0.1) is 0 Å². The molecule has 0 aromatic rings. The number of nitrogens with two attached hydrogens (primary N) is 1. The van der Waals surface area contributed by atoms with Crippen LogP contribution in [0.1, 0.15) is 150 Å². The average molecular weight is 483 g/mol. The third-order valence-corrected chi connectivity index (χ3v) is 7.07. The van der Waals surface area contributed by atoms with Crippen molar-refractivity contribution in [2.45, 2.75) is 161 Å². The van der Waals surface area contributed by atoms with E-state index in [0.29, 0.717) is 6.42 Å². The van der Waals surface area contributed by atoms with Gasteiger partial charge in [0, 0.05) is 14.1 Å². The lowest BCUT2D eigenvalue weighted by Gasteiger charge is -2.41. The highest BCUT2D eigenvalue weighted by Crippen LogP contribution is 2.35. The quantitative estimate of drug-likeness (QED) is 0.121. The molecule has 0 spiro atoms. The molecule has 2 N–H and O–H groups in total. The number of carbonyl (C=O) groups is 2. The summed E-state index contributed by atoms with van der Waals surface area (Å²) in [6, 6.07) is 0. The van der Waals surface area contributed by atoms with E-state index in [1.54, 1.807) is 14.1 Å². The molecule has 5 nitrogen and oxygen atoms in total. The Bertz CT molecular complexity index is 537. The second kappa shape index (κ2) is 19.1. The van der Waals surface area contributed by atoms with Gasteiger partial charge < -0.3 is 15.4 Å². The zero-order valence-corrected chi connectivity index (χ0v) is 23.7. The fourth-order valence-electron chi connectivity index (χ4n) is 4.85. The Hall–Kier alpha value is -1.10. The van der Waals surface area contributed by atoms with E-state index in [4.69, 9.17) is 10.5 Å². The van der Waals surface area contributed by atoms with Gasteiger partial charge >= 0.3 is 0 Å². The Morgan fingerprint density at radius 2 is 1.00 bits per heavy atom. The molecule has 0 aliphatic heterocycles. The molecule has 2 atom stereocenters. The van der Waals surface area contributed by atoms with Crippen LogP contribution in [0.2, 0.25) is 0 Å². The topological polar surface area (TPSA) is 72.6 Å². The molecule has 34 heavy (non-hydrogen) atoms. The van der Waals surface area contributed by atoms with Crippen LogP contribution in [0.5, 0.6) is 0 Å². The number of carbonyl (C=O) groups excluding carboxylic acids is 2. The van der Waals surface area contributed by atoms with E-state index >= 15 is 0 Å². The van der Waals surface area contributed by atoms with E-state index in [-0.39, 0.29) is 5.91 Å². The average Bonchev–Trinajstić information content (AvgIpc) is 2.80. The molecule has 0 saturated heterocycles. The molecule has 2 amide bonds. The standard InChI is InChI=1S/C29H58N2O3/c1-7-10-13-16-18-21-24-28(4,23-20-15-12-9-3)34-29(26(30)32,27(33)31(5)6)25-22-19-17-14-11-8-2/h7-25H2,1-6H3,(H2,30,32). The fraction of sp³-hybridized carbons (Fsp3) is 0.931. The predicted octanol–water partition coefficient (Wildman–Crippen LogP) is 7.55. The Morgan fingerprint density at radius 3 is 1.38 bits per heavy atom. The van der Waals surface area contributed by atoms with E-state index in [1.807, 2.05) is 0 Å². The van der Waals surface area contributed by atoms with Crippen LogP contribution in [-0.4, -0.2) is 42.0 Å². The highest BCUT2D eigenvalue weighted by atomic mass is 16.5. The van der Waals surface area contributed by atoms with Gasteiger partial charge in [-0.25, -0.2) is 0 Å². The molecule has 0 aromatic carbocycles. The summed E-state index contributed by atoms with van der Waals surface area (Å²) in [6.07, 6.45) is 20.4. The molecule has 202 valence electrons. The van der Waals surface area contributed by atoms with Crippen LogP contribution >= 0.6 is 0 Å². The molecule has 0 saturated carbocycles. The Kier molecular flexibility index (Phi) is 18.5. The lowest BCUT2D eigenvalue weighted by molar-refractivity contribution is -0.191. The van der Waals surface area contributed by atoms with Gasteiger partial charge in [-0.1, -0.05) is 117 Å². The minimum Gasteiger partial charge on any atom is -0.367 e. The first-order valence-electron chi connectivity index (χ1n) is 14.4. The van der Waals surface area contributed by atoms with Gasteiger partial charge in [0.2, 0.25) is 5.60 Å². The maximum Gasteiger partial charge on any atom is 0.264 e. The van der Waals surface area contributed by atoms with Crippen molar-refractivity contribution in [3.8, 4) is 0 Å². The lowest BCUT2D eigenvalue weighted by Crippen LogP contribution is -2.60. The van der Waals surface area contributed by atoms with Crippen molar-refractivity contribution in [1.29, 1.82) is 0 Å². The lowest BCUT2D eigenvalue weighted by atomic mass is 9.87. The number of likely N-dealkylation sites (N-methyl/N-ethyl adjacent to an activating group) is 1. The van der Waals surface area contributed by atoms with Gasteiger partial charge in [0.15, 0.2) is 0 Å². The van der Waals surface area contributed by atoms with Crippen LogP contribution in [0.25, 0.3) is 0 Å². The van der Waals surface area contributed by atoms with E-state index in [9.17, 15) is 9.59 Å². The van der Waals surface area contributed by atoms with Crippen molar-refractivity contribution >= 4 is 11.8 Å². The molecular formula is C29H58N2O3. The van der Waals surface area contributed by atoms with Crippen molar-refractivity contribution in [3.63, 3.8) is 0 Å². The van der Waals surface area contributed by atoms with Crippen LogP contribution in [-0.2, 0) is 14.3 Å². The number of unbranched alkanes of at least 4 members (excludes halogenated alkanes) is 13. The maximum absolute atomic E-state index is 13.4. The van der Waals surface area contributed by atoms with Crippen molar-refractivity contribution in [1.82, 2.24) is 4.90 Å². The summed E-state index contributed by atoms with van der Waals surface area (Å²) in [5.41, 5.74) is 3.85. The Balaban J connectivity index is 5.52. The summed E-state index contributed by atoms with van der Waals surface area (Å²) in [6.45, 7) is 8.75. The Labute approximate surface area is 211 Å². The predicted molar refractivity (Wildman–Crippen MR) is 145 cm³/mol. The third-order valence-electron chi connectivity index (χ3n) is 7.07. The molecule has 0 aliphatic rings. The number of nitrogens with zero attached hydrogens (tertiary/aromatic N) is 1. The molecule has 2 unspecified atom stereocenters. The van der Waals surface area contributed by atoms with Crippen LogP contribution in [0.4, 0.5) is 0 Å². The van der Waals surface area contributed by atoms with Crippen LogP contribution in [0.3, 0.4) is 0 Å². The molecule has 0 fully saturated rings. The number of rotatable bonds is 23. The zero-order chi connectivity index (χ0) is 25.9. The highest BCUT2D eigenvalue weighted by molar-refractivity contribution is 6.07. The van der Waals surface area contributed by atoms with E-state index in [0.717, 1.165) is 57.8 Å². The SMILES string of the molecule is CCCCCCCCC(C)(CCCCCC)OC(CCCCCCCC)(C(N)=O)C(=O)N(C)C. The zero-order valence-electron chi connectivity index (χ0n) is 23.7. The Morgan fingerprint density at radius 1 is 0.647 bits per heavy atom. The van der Waals surface area contributed by atoms with Gasteiger partial charge in [-0.05, 0) is 32.6 Å². The first-order chi connectivity index (χ1) is 16.2. The van der Waals surface area contributed by atoms with Crippen molar-refractivity contribution in [2.24, 2.45) is 5.73 Å². The van der Waals surface area contributed by atoms with Gasteiger partial charge in [-0.2, -0.15) is 0 Å². The van der Waals surface area contributed by atoms with Crippen molar-refractivity contribution in [2.75, 3.05) is 14.1 Å². The summed E-state index contributed by atoms with van der Waals surface area (Å²) >= 11 is 0. The summed E-state index contributed by atoms with van der Waals surface area (Å²) in [7, 11) is 3.38. The normalized spacial score (nSPS) is 15.0. The minimum absolute atomic E-state index is 0.309. The summed E-state index contributed by atoms with van der Waals surface area (Å²) in [5, 5.41) is 0. The van der Waals surface area contributed by atoms with Crippen molar-refractivity contribution in [3.05, 3.63) is 0 Å². The molecular weight excluding hydrogens is 424 g/mol. The molecule has 0 bridgehead atoms. The van der Waals surface area contributed by atoms with Crippen molar-refractivity contribution < 1.29 is 14.3 Å². The number of hydrogen-bond acceptors (Lipinski definition) is 3. The number of hydrogen-bond donors (Lipinski definition) is 1. The summed E-state index contributed by atoms with van der Waals surface area (Å²) < 4.78 is 6.68. The molecule has 0 aromatic heterocycles. The highest BCUT2D eigenvalue weighted by Gasteiger charge is 2.50. The van der Waals surface area contributed by atoms with E-state index in [2.05, 4.69) is 27.7 Å².